The average Bonchev–Trinajstić information content (AvgIpc) is 2.18. The Balaban J connectivity index is 3.16. The Morgan fingerprint density at radius 1 is 1.46 bits per heavy atom. The molecule has 0 radical (unpaired) electrons. The zero-order valence-electron chi connectivity index (χ0n) is 6.72. The summed E-state index contributed by atoms with van der Waals surface area (Å²) in [6.45, 7) is 3.33. The zero-order valence-corrected chi connectivity index (χ0v) is 8.29. The third kappa shape index (κ3) is 2.08. The van der Waals surface area contributed by atoms with E-state index in [0.717, 1.165) is 0 Å². The molecule has 0 saturated heterocycles. The first kappa shape index (κ1) is 10.2. The van der Waals surface area contributed by atoms with Crippen molar-refractivity contribution in [1.29, 1.82) is 0 Å². The molecule has 0 spiro atoms. The Morgan fingerprint density at radius 2 is 2.00 bits per heavy atom. The highest BCUT2D eigenvalue weighted by Gasteiger charge is 2.21. The molecule has 0 aliphatic carbocycles. The van der Waals surface area contributed by atoms with Crippen LogP contribution in [0, 0.1) is 0 Å². The van der Waals surface area contributed by atoms with E-state index in [1.54, 1.807) is 0 Å². The molecule has 0 aliphatic rings. The van der Waals surface area contributed by atoms with E-state index in [-0.39, 0.29) is 4.90 Å². The molecular weight excluding hydrogens is 210 g/mol. The lowest BCUT2D eigenvalue weighted by atomic mass is 10.5. The van der Waals surface area contributed by atoms with Gasteiger partial charge in [0.15, 0.2) is 14.5 Å². The summed E-state index contributed by atoms with van der Waals surface area (Å²) in [5.41, 5.74) is 0. The summed E-state index contributed by atoms with van der Waals surface area (Å²) in [6, 6.07) is 2.79. The normalized spacial score (nSPS) is 13.6. The predicted molar refractivity (Wildman–Crippen MR) is 51.3 cm³/mol. The van der Waals surface area contributed by atoms with E-state index in [1.807, 2.05) is 0 Å². The molecule has 0 bridgehead atoms. The summed E-state index contributed by atoms with van der Waals surface area (Å²) in [7, 11) is -3.48. The van der Waals surface area contributed by atoms with Crippen LogP contribution in [-0.4, -0.2) is 18.1 Å². The van der Waals surface area contributed by atoms with E-state index in [1.165, 1.54) is 30.6 Å². The van der Waals surface area contributed by atoms with Crippen molar-refractivity contribution in [2.45, 2.75) is 9.60 Å². The molecule has 3 nitrogen and oxygen atoms in total. The van der Waals surface area contributed by atoms with Crippen LogP contribution < -0.4 is 0 Å². The summed E-state index contributed by atoms with van der Waals surface area (Å²) in [6.07, 6.45) is 3.98. The summed E-state index contributed by atoms with van der Waals surface area (Å²) < 4.78 is 22.0. The Kier molecular flexibility index (Phi) is 3.06. The maximum Gasteiger partial charge on any atom is 0.198 e. The smallest absolute Gasteiger partial charge is 0.198 e. The van der Waals surface area contributed by atoms with Crippen molar-refractivity contribution in [2.24, 2.45) is 0 Å². The number of halogens is 1. The van der Waals surface area contributed by atoms with Gasteiger partial charge in [0.2, 0.25) is 0 Å². The molecule has 13 heavy (non-hydrogen) atoms. The molecule has 0 aromatic carbocycles. The van der Waals surface area contributed by atoms with Gasteiger partial charge in [-0.25, -0.2) is 8.42 Å². The lowest BCUT2D eigenvalue weighted by Gasteiger charge is -2.05. The number of sulfone groups is 1. The third-order valence-corrected chi connectivity index (χ3v) is 4.06. The largest absolute Gasteiger partial charge is 0.265 e. The van der Waals surface area contributed by atoms with Crippen molar-refractivity contribution in [3.8, 4) is 0 Å². The van der Waals surface area contributed by atoms with Gasteiger partial charge < -0.3 is 0 Å². The molecule has 0 amide bonds. The number of hydrogen-bond acceptors (Lipinski definition) is 3. The maximum absolute atomic E-state index is 11.5. The molecule has 1 aromatic rings. The first-order chi connectivity index (χ1) is 6.09. The number of nitrogens with zero attached hydrogens (tertiary/aromatic N) is 1. The summed E-state index contributed by atoms with van der Waals surface area (Å²) in [5.74, 6) is 0. The van der Waals surface area contributed by atoms with E-state index < -0.39 is 14.5 Å². The zero-order chi connectivity index (χ0) is 9.90. The molecule has 1 atom stereocenters. The topological polar surface area (TPSA) is 47.0 Å². The number of rotatable bonds is 3. The van der Waals surface area contributed by atoms with Gasteiger partial charge in [0.25, 0.3) is 0 Å². The van der Waals surface area contributed by atoms with E-state index in [4.69, 9.17) is 11.6 Å². The molecule has 0 saturated carbocycles. The molecule has 0 aliphatic heterocycles. The first-order valence-electron chi connectivity index (χ1n) is 3.49. The van der Waals surface area contributed by atoms with E-state index >= 15 is 0 Å². The molecular formula is C8H8ClNO2S. The second kappa shape index (κ2) is 3.89. The summed E-state index contributed by atoms with van der Waals surface area (Å²) >= 11 is 5.57. The van der Waals surface area contributed by atoms with Crippen molar-refractivity contribution in [1.82, 2.24) is 4.98 Å². The van der Waals surface area contributed by atoms with Gasteiger partial charge in [0.1, 0.15) is 0 Å². The Hall–Kier alpha value is -0.870. The van der Waals surface area contributed by atoms with Crippen LogP contribution in [0.3, 0.4) is 0 Å². The van der Waals surface area contributed by atoms with E-state index in [0.29, 0.717) is 0 Å². The minimum Gasteiger partial charge on any atom is -0.265 e. The van der Waals surface area contributed by atoms with E-state index in [2.05, 4.69) is 11.6 Å². The number of aromatic nitrogens is 1. The van der Waals surface area contributed by atoms with Crippen LogP contribution in [0.1, 0.15) is 0 Å². The molecule has 1 heterocycles. The third-order valence-electron chi connectivity index (χ3n) is 1.46. The standard InChI is InChI=1S/C8H8ClNO2S/c1-2-8(9)13(11,12)7-3-5-10-6-4-7/h2-6,8H,1H2. The van der Waals surface area contributed by atoms with Crippen molar-refractivity contribution in [3.63, 3.8) is 0 Å². The molecule has 0 N–H and O–H groups in total. The molecule has 5 heteroatoms. The molecule has 70 valence electrons. The number of alkyl halides is 1. The molecule has 0 fully saturated rings. The van der Waals surface area contributed by atoms with Crippen LogP contribution in [0.5, 0.6) is 0 Å². The van der Waals surface area contributed by atoms with Gasteiger partial charge in [-0.05, 0) is 12.1 Å². The quantitative estimate of drug-likeness (QED) is 0.571. The minimum atomic E-state index is -3.48. The van der Waals surface area contributed by atoms with Gasteiger partial charge in [-0.15, -0.1) is 18.2 Å². The molecule has 1 unspecified atom stereocenters. The van der Waals surface area contributed by atoms with Gasteiger partial charge in [-0.2, -0.15) is 0 Å². The highest BCUT2D eigenvalue weighted by atomic mass is 35.5. The van der Waals surface area contributed by atoms with Crippen molar-refractivity contribution < 1.29 is 8.42 Å². The van der Waals surface area contributed by atoms with Gasteiger partial charge in [-0.1, -0.05) is 6.08 Å². The van der Waals surface area contributed by atoms with E-state index in [9.17, 15) is 8.42 Å². The van der Waals surface area contributed by atoms with Crippen molar-refractivity contribution >= 4 is 21.4 Å². The first-order valence-corrected chi connectivity index (χ1v) is 5.48. The fourth-order valence-electron chi connectivity index (χ4n) is 0.785. The SMILES string of the molecule is C=CC(Cl)S(=O)(=O)c1ccncc1. The highest BCUT2D eigenvalue weighted by Crippen LogP contribution is 2.18. The van der Waals surface area contributed by atoms with Crippen LogP contribution in [0.25, 0.3) is 0 Å². The van der Waals surface area contributed by atoms with Crippen LogP contribution in [0.2, 0.25) is 0 Å². The molecule has 1 rings (SSSR count). The van der Waals surface area contributed by atoms with Gasteiger partial charge in [0, 0.05) is 12.4 Å². The van der Waals surface area contributed by atoms with Crippen molar-refractivity contribution in [3.05, 3.63) is 37.2 Å². The monoisotopic (exact) mass is 217 g/mol. The summed E-state index contributed by atoms with van der Waals surface area (Å²) in [5, 5.41) is 0. The molecule has 1 aromatic heterocycles. The van der Waals surface area contributed by atoms with Crippen LogP contribution in [-0.2, 0) is 9.84 Å². The maximum atomic E-state index is 11.5. The van der Waals surface area contributed by atoms with Gasteiger partial charge in [0.05, 0.1) is 4.90 Å². The predicted octanol–water partition coefficient (Wildman–Crippen LogP) is 1.61. The van der Waals surface area contributed by atoms with Crippen molar-refractivity contribution in [2.75, 3.05) is 0 Å². The second-order valence-corrected chi connectivity index (χ2v) is 5.11. The van der Waals surface area contributed by atoms with Crippen LogP contribution in [0.4, 0.5) is 0 Å². The summed E-state index contributed by atoms with van der Waals surface area (Å²) in [4.78, 5) is 3.87. The number of hydrogen-bond donors (Lipinski definition) is 0. The minimum absolute atomic E-state index is 0.155. The average molecular weight is 218 g/mol. The lowest BCUT2D eigenvalue weighted by molar-refractivity contribution is 0.596. The Morgan fingerprint density at radius 3 is 2.46 bits per heavy atom. The van der Waals surface area contributed by atoms with Gasteiger partial charge in [-0.3, -0.25) is 4.98 Å². The number of pyridine rings is 1. The second-order valence-electron chi connectivity index (χ2n) is 2.31. The fourth-order valence-corrected chi connectivity index (χ4v) is 2.11. The highest BCUT2D eigenvalue weighted by molar-refractivity contribution is 7.93. The van der Waals surface area contributed by atoms with Gasteiger partial charge >= 0.3 is 0 Å². The lowest BCUT2D eigenvalue weighted by Crippen LogP contribution is -2.12. The Bertz CT molecular complexity index is 388. The fraction of sp³-hybridized carbons (Fsp3) is 0.125. The van der Waals surface area contributed by atoms with Crippen LogP contribution >= 0.6 is 11.6 Å². The Labute approximate surface area is 82.0 Å². The van der Waals surface area contributed by atoms with Crippen LogP contribution in [0.15, 0.2) is 42.1 Å².